The molecule has 116 valence electrons. The minimum atomic E-state index is -1.09. The predicted molar refractivity (Wildman–Crippen MR) is 86.1 cm³/mol. The zero-order valence-electron chi connectivity index (χ0n) is 11.8. The van der Waals surface area contributed by atoms with Gasteiger partial charge in [-0.05, 0) is 35.9 Å². The van der Waals surface area contributed by atoms with Crippen LogP contribution in [0.4, 0.5) is 8.78 Å². The molecule has 0 atom stereocenters. The van der Waals surface area contributed by atoms with E-state index in [2.05, 4.69) is 4.98 Å². The molecule has 0 amide bonds. The van der Waals surface area contributed by atoms with Crippen molar-refractivity contribution in [3.63, 3.8) is 0 Å². The third-order valence-corrected chi connectivity index (χ3v) is 4.34. The van der Waals surface area contributed by atoms with E-state index >= 15 is 0 Å². The molecule has 3 nitrogen and oxygen atoms in total. The Labute approximate surface area is 134 Å². The van der Waals surface area contributed by atoms with Gasteiger partial charge in [0.05, 0.1) is 16.6 Å². The highest BCUT2D eigenvalue weighted by molar-refractivity contribution is 7.19. The predicted octanol–water partition coefficient (Wildman–Crippen LogP) is 4.59. The van der Waals surface area contributed by atoms with Crippen molar-refractivity contribution in [1.29, 1.82) is 0 Å². The van der Waals surface area contributed by atoms with E-state index in [-0.39, 0.29) is 17.6 Å². The van der Waals surface area contributed by atoms with Crippen LogP contribution in [0.1, 0.15) is 17.0 Å². The molecule has 0 radical (unpaired) electrons. The van der Waals surface area contributed by atoms with Crippen LogP contribution in [-0.4, -0.2) is 16.1 Å². The third-order valence-electron chi connectivity index (χ3n) is 3.23. The summed E-state index contributed by atoms with van der Waals surface area (Å²) < 4.78 is 28.5. The Kier molecular flexibility index (Phi) is 4.16. The number of fused-ring (bicyclic) bond motifs is 1. The fraction of sp³-hybridized carbons (Fsp3) is 0.0588. The minimum Gasteiger partial charge on any atom is -0.481 e. The van der Waals surface area contributed by atoms with Crippen LogP contribution in [0.25, 0.3) is 21.9 Å². The van der Waals surface area contributed by atoms with Crippen molar-refractivity contribution in [2.24, 2.45) is 0 Å². The van der Waals surface area contributed by atoms with Crippen molar-refractivity contribution < 1.29 is 18.7 Å². The lowest BCUT2D eigenvalue weighted by molar-refractivity contribution is -0.135. The van der Waals surface area contributed by atoms with Crippen molar-refractivity contribution in [2.75, 3.05) is 0 Å². The van der Waals surface area contributed by atoms with Gasteiger partial charge in [0.2, 0.25) is 0 Å². The van der Waals surface area contributed by atoms with Crippen LogP contribution in [-0.2, 0) is 4.79 Å². The number of hydrogen-bond donors (Lipinski definition) is 1. The normalized spacial score (nSPS) is 11.8. The number of aliphatic carboxylic acids is 1. The van der Waals surface area contributed by atoms with E-state index < -0.39 is 17.6 Å². The summed E-state index contributed by atoms with van der Waals surface area (Å²) in [7, 11) is 0. The molecule has 0 unspecified atom stereocenters. The fourth-order valence-electron chi connectivity index (χ4n) is 2.18. The first-order valence-corrected chi connectivity index (χ1v) is 7.58. The molecule has 0 aliphatic carbocycles. The van der Waals surface area contributed by atoms with Gasteiger partial charge in [-0.1, -0.05) is 18.2 Å². The van der Waals surface area contributed by atoms with Gasteiger partial charge in [0.1, 0.15) is 16.6 Å². The van der Waals surface area contributed by atoms with Gasteiger partial charge >= 0.3 is 5.97 Å². The SMILES string of the molecule is O=C(O)C/C(=C\c1c(F)cccc1F)c1nc2ccccc2s1. The summed E-state index contributed by atoms with van der Waals surface area (Å²) in [6.07, 6.45) is 0.851. The highest BCUT2D eigenvalue weighted by atomic mass is 32.1. The van der Waals surface area contributed by atoms with Crippen LogP contribution < -0.4 is 0 Å². The zero-order chi connectivity index (χ0) is 16.4. The van der Waals surface area contributed by atoms with Crippen LogP contribution in [0.5, 0.6) is 0 Å². The molecule has 0 saturated carbocycles. The topological polar surface area (TPSA) is 50.2 Å². The van der Waals surface area contributed by atoms with Gasteiger partial charge in [0.25, 0.3) is 0 Å². The van der Waals surface area contributed by atoms with E-state index in [4.69, 9.17) is 5.11 Å². The molecule has 0 aliphatic rings. The lowest BCUT2D eigenvalue weighted by Gasteiger charge is -2.04. The Hall–Kier alpha value is -2.60. The molecule has 3 aromatic rings. The second-order valence-corrected chi connectivity index (χ2v) is 5.89. The molecular weight excluding hydrogens is 320 g/mol. The molecule has 1 heterocycles. The first-order valence-electron chi connectivity index (χ1n) is 6.77. The van der Waals surface area contributed by atoms with Crippen LogP contribution >= 0.6 is 11.3 Å². The molecule has 1 aromatic heterocycles. The summed E-state index contributed by atoms with van der Waals surface area (Å²) in [6, 6.07) is 10.9. The van der Waals surface area contributed by atoms with E-state index in [0.717, 1.165) is 22.3 Å². The van der Waals surface area contributed by atoms with Crippen LogP contribution in [0, 0.1) is 11.6 Å². The van der Waals surface area contributed by atoms with E-state index in [0.29, 0.717) is 5.01 Å². The number of para-hydroxylation sites is 1. The van der Waals surface area contributed by atoms with Crippen molar-refractivity contribution in [2.45, 2.75) is 6.42 Å². The van der Waals surface area contributed by atoms with Crippen molar-refractivity contribution in [3.8, 4) is 0 Å². The van der Waals surface area contributed by atoms with Gasteiger partial charge in [0.15, 0.2) is 0 Å². The maximum atomic E-state index is 13.8. The number of halogens is 2. The molecule has 3 rings (SSSR count). The Balaban J connectivity index is 2.14. The van der Waals surface area contributed by atoms with E-state index in [1.54, 1.807) is 6.07 Å². The average Bonchev–Trinajstić information content (AvgIpc) is 2.93. The molecular formula is C17H11F2NO2S. The van der Waals surface area contributed by atoms with Gasteiger partial charge in [-0.15, -0.1) is 11.3 Å². The number of carbonyl (C=O) groups is 1. The maximum Gasteiger partial charge on any atom is 0.307 e. The molecule has 0 aliphatic heterocycles. The Morgan fingerprint density at radius 3 is 2.48 bits per heavy atom. The quantitative estimate of drug-likeness (QED) is 0.761. The summed E-state index contributed by atoms with van der Waals surface area (Å²) in [5, 5.41) is 9.53. The number of hydrogen-bond acceptors (Lipinski definition) is 3. The van der Waals surface area contributed by atoms with E-state index in [1.807, 2.05) is 18.2 Å². The highest BCUT2D eigenvalue weighted by Gasteiger charge is 2.15. The number of carboxylic acids is 1. The van der Waals surface area contributed by atoms with Crippen molar-refractivity contribution >= 4 is 39.2 Å². The maximum absolute atomic E-state index is 13.8. The molecule has 23 heavy (non-hydrogen) atoms. The second kappa shape index (κ2) is 6.26. The Morgan fingerprint density at radius 1 is 1.13 bits per heavy atom. The molecule has 0 fully saturated rings. The van der Waals surface area contributed by atoms with Crippen molar-refractivity contribution in [1.82, 2.24) is 4.98 Å². The Bertz CT molecular complexity index is 865. The molecule has 1 N–H and O–H groups in total. The summed E-state index contributed by atoms with van der Waals surface area (Å²) >= 11 is 1.29. The minimum absolute atomic E-state index is 0.261. The summed E-state index contributed by atoms with van der Waals surface area (Å²) in [6.45, 7) is 0. The van der Waals surface area contributed by atoms with Gasteiger partial charge in [0, 0.05) is 5.56 Å². The summed E-state index contributed by atoms with van der Waals surface area (Å²) in [5.74, 6) is -2.57. The molecule has 6 heteroatoms. The summed E-state index contributed by atoms with van der Waals surface area (Å²) in [5.41, 5.74) is 0.725. The smallest absolute Gasteiger partial charge is 0.307 e. The lowest BCUT2D eigenvalue weighted by Crippen LogP contribution is -1.98. The van der Waals surface area contributed by atoms with Gasteiger partial charge in [-0.3, -0.25) is 4.79 Å². The standard InChI is InChI=1S/C17H11F2NO2S/c18-12-4-3-5-13(19)11(12)8-10(9-16(21)22)17-20-14-6-1-2-7-15(14)23-17/h1-8H,9H2,(H,21,22)/b10-8+. The molecule has 0 spiro atoms. The number of thiazole rings is 1. The van der Waals surface area contributed by atoms with Gasteiger partial charge in [-0.2, -0.15) is 0 Å². The van der Waals surface area contributed by atoms with E-state index in [9.17, 15) is 13.6 Å². The zero-order valence-corrected chi connectivity index (χ0v) is 12.6. The highest BCUT2D eigenvalue weighted by Crippen LogP contribution is 2.31. The second-order valence-electron chi connectivity index (χ2n) is 4.86. The number of nitrogens with zero attached hydrogens (tertiary/aromatic N) is 1. The van der Waals surface area contributed by atoms with Crippen molar-refractivity contribution in [3.05, 3.63) is 64.7 Å². The van der Waals surface area contributed by atoms with Gasteiger partial charge in [-0.25, -0.2) is 13.8 Å². The molecule has 0 bridgehead atoms. The fourth-order valence-corrected chi connectivity index (χ4v) is 3.16. The first kappa shape index (κ1) is 15.3. The number of benzene rings is 2. The third kappa shape index (κ3) is 3.27. The molecule has 0 saturated heterocycles. The van der Waals surface area contributed by atoms with Crippen LogP contribution in [0.2, 0.25) is 0 Å². The number of carboxylic acid groups (broad SMARTS) is 1. The summed E-state index contributed by atoms with van der Waals surface area (Å²) in [4.78, 5) is 15.5. The monoisotopic (exact) mass is 331 g/mol. The first-order chi connectivity index (χ1) is 11.0. The lowest BCUT2D eigenvalue weighted by atomic mass is 10.1. The Morgan fingerprint density at radius 2 is 1.83 bits per heavy atom. The largest absolute Gasteiger partial charge is 0.481 e. The van der Waals surface area contributed by atoms with Crippen LogP contribution in [0.15, 0.2) is 42.5 Å². The molecule has 2 aromatic carbocycles. The number of aromatic nitrogens is 1. The van der Waals surface area contributed by atoms with E-state index in [1.165, 1.54) is 23.5 Å². The average molecular weight is 331 g/mol. The number of rotatable bonds is 4. The van der Waals surface area contributed by atoms with Crippen LogP contribution in [0.3, 0.4) is 0 Å². The van der Waals surface area contributed by atoms with Gasteiger partial charge < -0.3 is 5.11 Å².